The summed E-state index contributed by atoms with van der Waals surface area (Å²) in [7, 11) is 0. The van der Waals surface area contributed by atoms with Crippen LogP contribution in [0.4, 0.5) is 0 Å². The summed E-state index contributed by atoms with van der Waals surface area (Å²) >= 11 is 3.48. The summed E-state index contributed by atoms with van der Waals surface area (Å²) < 4.78 is 5.95. The number of alkyl halides is 1. The van der Waals surface area contributed by atoms with E-state index < -0.39 is 0 Å². The number of aryl methyl sites for hydroxylation is 1. The first-order valence-electron chi connectivity index (χ1n) is 11.5. The second-order valence-electron chi connectivity index (χ2n) is 8.12. The van der Waals surface area contributed by atoms with Crippen LogP contribution in [0, 0.1) is 6.92 Å². The molecule has 0 amide bonds. The van der Waals surface area contributed by atoms with Crippen molar-refractivity contribution in [2.45, 2.75) is 19.8 Å². The van der Waals surface area contributed by atoms with E-state index >= 15 is 0 Å². The second-order valence-corrected chi connectivity index (χ2v) is 8.91. The number of unbranched alkanes of at least 4 members (excludes halogenated alkanes) is 1. The molecule has 0 atom stereocenters. The first-order valence-corrected chi connectivity index (χ1v) is 12.6. The zero-order chi connectivity index (χ0) is 22.9. The number of hydrogen-bond donors (Lipinski definition) is 0. The first kappa shape index (κ1) is 23.1. The molecule has 2 heteroatoms. The smallest absolute Gasteiger partial charge is 0.119 e. The van der Waals surface area contributed by atoms with Crippen LogP contribution in [0.3, 0.4) is 0 Å². The van der Waals surface area contributed by atoms with Gasteiger partial charge in [0.2, 0.25) is 0 Å². The fraction of sp³-hybridized carbons (Fsp3) is 0.161. The van der Waals surface area contributed by atoms with Gasteiger partial charge in [-0.05, 0) is 65.3 Å². The monoisotopic (exact) mass is 496 g/mol. The van der Waals surface area contributed by atoms with Crippen LogP contribution >= 0.6 is 15.9 Å². The van der Waals surface area contributed by atoms with E-state index in [9.17, 15) is 0 Å². The van der Waals surface area contributed by atoms with Gasteiger partial charge in [0, 0.05) is 5.33 Å². The van der Waals surface area contributed by atoms with Gasteiger partial charge in [-0.2, -0.15) is 0 Å². The lowest BCUT2D eigenvalue weighted by atomic mass is 9.85. The van der Waals surface area contributed by atoms with Gasteiger partial charge in [-0.3, -0.25) is 0 Å². The quantitative estimate of drug-likeness (QED) is 0.128. The molecule has 166 valence electrons. The Morgan fingerprint density at radius 1 is 0.576 bits per heavy atom. The van der Waals surface area contributed by atoms with E-state index in [1.807, 2.05) is 0 Å². The summed E-state index contributed by atoms with van der Waals surface area (Å²) in [5.74, 6) is 0.914. The third kappa shape index (κ3) is 6.03. The summed E-state index contributed by atoms with van der Waals surface area (Å²) in [5, 5.41) is 1.02. The van der Waals surface area contributed by atoms with E-state index in [2.05, 4.69) is 132 Å². The molecular weight excluding hydrogens is 468 g/mol. The van der Waals surface area contributed by atoms with Gasteiger partial charge in [0.1, 0.15) is 5.75 Å². The van der Waals surface area contributed by atoms with Crippen LogP contribution < -0.4 is 4.74 Å². The molecule has 0 radical (unpaired) electrons. The van der Waals surface area contributed by atoms with Crippen molar-refractivity contribution < 1.29 is 4.74 Å². The fourth-order valence-electron chi connectivity index (χ4n) is 3.94. The Hall–Kier alpha value is -3.10. The zero-order valence-corrected chi connectivity index (χ0v) is 20.6. The van der Waals surface area contributed by atoms with Crippen LogP contribution in [-0.2, 0) is 0 Å². The highest BCUT2D eigenvalue weighted by atomic mass is 79.9. The number of benzene rings is 4. The van der Waals surface area contributed by atoms with Crippen LogP contribution in [0.25, 0.3) is 11.1 Å². The Balaban J connectivity index is 1.85. The van der Waals surface area contributed by atoms with Crippen molar-refractivity contribution in [3.05, 3.63) is 137 Å². The van der Waals surface area contributed by atoms with Crippen molar-refractivity contribution in [1.82, 2.24) is 0 Å². The highest BCUT2D eigenvalue weighted by Gasteiger charge is 2.16. The van der Waals surface area contributed by atoms with Gasteiger partial charge in [-0.25, -0.2) is 0 Å². The third-order valence-corrected chi connectivity index (χ3v) is 6.22. The molecule has 0 saturated heterocycles. The Morgan fingerprint density at radius 3 is 1.52 bits per heavy atom. The van der Waals surface area contributed by atoms with Crippen LogP contribution in [0.2, 0.25) is 0 Å². The summed E-state index contributed by atoms with van der Waals surface area (Å²) in [6, 6.07) is 38.7. The van der Waals surface area contributed by atoms with E-state index in [0.717, 1.165) is 30.5 Å². The van der Waals surface area contributed by atoms with E-state index in [1.54, 1.807) is 0 Å². The molecule has 0 fully saturated rings. The number of hydrogen-bond acceptors (Lipinski definition) is 1. The highest BCUT2D eigenvalue weighted by molar-refractivity contribution is 9.09. The summed E-state index contributed by atoms with van der Waals surface area (Å²) in [6.45, 7) is 2.87. The van der Waals surface area contributed by atoms with Gasteiger partial charge >= 0.3 is 0 Å². The normalized spacial score (nSPS) is 11.7. The minimum absolute atomic E-state index is 0.741. The Kier molecular flexibility index (Phi) is 8.16. The summed E-state index contributed by atoms with van der Waals surface area (Å²) in [4.78, 5) is 0. The van der Waals surface area contributed by atoms with E-state index in [-0.39, 0.29) is 0 Å². The molecule has 0 saturated carbocycles. The SMILES string of the molecule is Cc1ccc(/C(=C(\c2ccccc2)c2ccc(OCCCCBr)cc2)c2ccccc2)cc1. The average Bonchev–Trinajstić information content (AvgIpc) is 2.87. The average molecular weight is 497 g/mol. The largest absolute Gasteiger partial charge is 0.494 e. The third-order valence-electron chi connectivity index (χ3n) is 5.65. The van der Waals surface area contributed by atoms with E-state index in [1.165, 1.54) is 39.0 Å². The number of halogens is 1. The molecule has 0 spiro atoms. The van der Waals surface area contributed by atoms with Crippen LogP contribution in [0.15, 0.2) is 109 Å². The van der Waals surface area contributed by atoms with Gasteiger partial charge < -0.3 is 4.74 Å². The summed E-state index contributed by atoms with van der Waals surface area (Å²) in [5.41, 5.74) is 8.49. The highest BCUT2D eigenvalue weighted by Crippen LogP contribution is 2.37. The molecule has 33 heavy (non-hydrogen) atoms. The van der Waals surface area contributed by atoms with Gasteiger partial charge in [0.05, 0.1) is 6.61 Å². The molecular formula is C31H29BrO. The molecule has 4 rings (SSSR count). The fourth-order valence-corrected chi connectivity index (χ4v) is 4.34. The van der Waals surface area contributed by atoms with Gasteiger partial charge in [-0.15, -0.1) is 0 Å². The predicted octanol–water partition coefficient (Wildman–Crippen LogP) is 8.56. The molecule has 0 unspecified atom stereocenters. The van der Waals surface area contributed by atoms with Crippen molar-refractivity contribution in [2.75, 3.05) is 11.9 Å². The maximum atomic E-state index is 5.95. The molecule has 0 bridgehead atoms. The maximum Gasteiger partial charge on any atom is 0.119 e. The second kappa shape index (κ2) is 11.7. The predicted molar refractivity (Wildman–Crippen MR) is 144 cm³/mol. The minimum Gasteiger partial charge on any atom is -0.494 e. The molecule has 0 aliphatic carbocycles. The molecule has 4 aromatic carbocycles. The standard InChI is InChI=1S/C31H29BrO/c1-24-14-16-27(17-15-24)30(25-10-4-2-5-11-25)31(26-12-6-3-7-13-26)28-18-20-29(21-19-28)33-23-9-8-22-32/h2-7,10-21H,8-9,22-23H2,1H3/b31-30+. The first-order chi connectivity index (χ1) is 16.3. The molecule has 0 aliphatic rings. The van der Waals surface area contributed by atoms with Crippen LogP contribution in [0.1, 0.15) is 40.7 Å². The zero-order valence-electron chi connectivity index (χ0n) is 19.0. The lowest BCUT2D eigenvalue weighted by Crippen LogP contribution is -1.99. The Labute approximate surface area is 205 Å². The summed E-state index contributed by atoms with van der Waals surface area (Å²) in [6.07, 6.45) is 2.17. The van der Waals surface area contributed by atoms with Crippen molar-refractivity contribution in [1.29, 1.82) is 0 Å². The van der Waals surface area contributed by atoms with Crippen molar-refractivity contribution in [3.63, 3.8) is 0 Å². The number of rotatable bonds is 9. The number of ether oxygens (including phenoxy) is 1. The van der Waals surface area contributed by atoms with Gasteiger partial charge in [0.25, 0.3) is 0 Å². The van der Waals surface area contributed by atoms with Crippen molar-refractivity contribution in [2.24, 2.45) is 0 Å². The topological polar surface area (TPSA) is 9.23 Å². The van der Waals surface area contributed by atoms with E-state index in [4.69, 9.17) is 4.74 Å². The van der Waals surface area contributed by atoms with Crippen molar-refractivity contribution in [3.8, 4) is 5.75 Å². The Morgan fingerprint density at radius 2 is 1.03 bits per heavy atom. The van der Waals surface area contributed by atoms with Gasteiger partial charge in [-0.1, -0.05) is 119 Å². The van der Waals surface area contributed by atoms with Gasteiger partial charge in [0.15, 0.2) is 0 Å². The van der Waals surface area contributed by atoms with E-state index in [0.29, 0.717) is 0 Å². The van der Waals surface area contributed by atoms with Crippen LogP contribution in [0.5, 0.6) is 5.75 Å². The molecule has 0 heterocycles. The van der Waals surface area contributed by atoms with Crippen molar-refractivity contribution >= 4 is 27.1 Å². The lowest BCUT2D eigenvalue weighted by molar-refractivity contribution is 0.310. The molecule has 0 N–H and O–H groups in total. The maximum absolute atomic E-state index is 5.95. The Bertz CT molecular complexity index is 1160. The van der Waals surface area contributed by atoms with Crippen LogP contribution in [-0.4, -0.2) is 11.9 Å². The molecule has 1 nitrogen and oxygen atoms in total. The minimum atomic E-state index is 0.741. The molecule has 0 aliphatic heterocycles. The molecule has 0 aromatic heterocycles. The molecule has 4 aromatic rings. The lowest BCUT2D eigenvalue weighted by Gasteiger charge is -2.18.